The van der Waals surface area contributed by atoms with Crippen LogP contribution in [-0.2, 0) is 0 Å². The van der Waals surface area contributed by atoms with Crippen LogP contribution in [-0.4, -0.2) is 19.3 Å². The molecule has 2 atom stereocenters. The van der Waals surface area contributed by atoms with Gasteiger partial charge in [0.1, 0.15) is 0 Å². The number of unbranched alkanes of at least 4 members (excludes halogenated alkanes) is 3. The van der Waals surface area contributed by atoms with E-state index < -0.39 is 8.07 Å². The molecule has 0 saturated carbocycles. The van der Waals surface area contributed by atoms with Crippen LogP contribution in [0.5, 0.6) is 0 Å². The highest BCUT2D eigenvalue weighted by Crippen LogP contribution is 2.27. The van der Waals surface area contributed by atoms with Gasteiger partial charge in [0, 0.05) is 12.0 Å². The fraction of sp³-hybridized carbons (Fsp3) is 0.867. The predicted molar refractivity (Wildman–Crippen MR) is 79.9 cm³/mol. The second kappa shape index (κ2) is 8.77. The summed E-state index contributed by atoms with van der Waals surface area (Å²) < 4.78 is 0. The van der Waals surface area contributed by atoms with Gasteiger partial charge in [0.15, 0.2) is 0 Å². The van der Waals surface area contributed by atoms with Gasteiger partial charge in [0.2, 0.25) is 0 Å². The molecule has 0 aromatic heterocycles. The van der Waals surface area contributed by atoms with Crippen LogP contribution in [0.2, 0.25) is 25.2 Å². The van der Waals surface area contributed by atoms with Gasteiger partial charge in [-0.25, -0.2) is 0 Å². The van der Waals surface area contributed by atoms with E-state index in [0.29, 0.717) is 0 Å². The number of hydrogen-bond donors (Lipinski definition) is 1. The van der Waals surface area contributed by atoms with Crippen molar-refractivity contribution in [3.63, 3.8) is 0 Å². The molecule has 1 nitrogen and oxygen atoms in total. The van der Waals surface area contributed by atoms with Crippen LogP contribution in [0.25, 0.3) is 0 Å². The van der Waals surface area contributed by atoms with Gasteiger partial charge >= 0.3 is 0 Å². The van der Waals surface area contributed by atoms with Crippen LogP contribution in [0.1, 0.15) is 52.4 Å². The van der Waals surface area contributed by atoms with Crippen molar-refractivity contribution in [1.82, 2.24) is 0 Å². The second-order valence-electron chi connectivity index (χ2n) is 5.98. The fourth-order valence-electron chi connectivity index (χ4n) is 1.97. The molecule has 0 aromatic rings. The summed E-state index contributed by atoms with van der Waals surface area (Å²) in [6.07, 6.45) is 6.35. The van der Waals surface area contributed by atoms with Gasteiger partial charge < -0.3 is 5.11 Å². The van der Waals surface area contributed by atoms with Crippen molar-refractivity contribution in [2.24, 2.45) is 0 Å². The second-order valence-corrected chi connectivity index (χ2v) is 11.3. The van der Waals surface area contributed by atoms with Gasteiger partial charge in [-0.2, -0.15) is 0 Å². The van der Waals surface area contributed by atoms with Crippen LogP contribution < -0.4 is 0 Å². The van der Waals surface area contributed by atoms with Crippen LogP contribution in [0, 0.1) is 11.8 Å². The monoisotopic (exact) mass is 254 g/mol. The quantitative estimate of drug-likeness (QED) is 0.404. The molecule has 0 aliphatic carbocycles. The molecule has 2 unspecified atom stereocenters. The lowest BCUT2D eigenvalue weighted by Crippen LogP contribution is -2.35. The molecule has 2 heteroatoms. The molecule has 0 amide bonds. The Hall–Kier alpha value is -0.263. The third kappa shape index (κ3) is 7.62. The Labute approximate surface area is 109 Å². The van der Waals surface area contributed by atoms with Gasteiger partial charge in [-0.15, -0.1) is 11.8 Å². The Balaban J connectivity index is 4.43. The molecule has 0 aromatic carbocycles. The van der Waals surface area contributed by atoms with E-state index in [9.17, 15) is 5.11 Å². The Bertz CT molecular complexity index is 244. The van der Waals surface area contributed by atoms with E-state index in [1.54, 1.807) is 0 Å². The first-order valence-electron chi connectivity index (χ1n) is 7.09. The molecule has 0 aliphatic rings. The van der Waals surface area contributed by atoms with E-state index >= 15 is 0 Å². The zero-order valence-electron chi connectivity index (χ0n) is 12.3. The minimum absolute atomic E-state index is 0.211. The van der Waals surface area contributed by atoms with Crippen LogP contribution in [0.15, 0.2) is 0 Å². The summed E-state index contributed by atoms with van der Waals surface area (Å²) in [4.78, 5) is 0. The topological polar surface area (TPSA) is 20.2 Å². The average molecular weight is 254 g/mol. The molecule has 17 heavy (non-hydrogen) atoms. The van der Waals surface area contributed by atoms with E-state index in [2.05, 4.69) is 45.3 Å². The molecular formula is C15H30OSi. The van der Waals surface area contributed by atoms with E-state index in [1.165, 1.54) is 12.8 Å². The van der Waals surface area contributed by atoms with Crippen molar-refractivity contribution in [2.45, 2.75) is 83.7 Å². The zero-order chi connectivity index (χ0) is 13.3. The van der Waals surface area contributed by atoms with Crippen molar-refractivity contribution in [2.75, 3.05) is 0 Å². The molecule has 0 rings (SSSR count). The summed E-state index contributed by atoms with van der Waals surface area (Å²) in [5.74, 6) is 6.59. The highest BCUT2D eigenvalue weighted by Gasteiger charge is 2.30. The minimum Gasteiger partial charge on any atom is -0.392 e. The number of rotatable bonds is 7. The average Bonchev–Trinajstić information content (AvgIpc) is 2.23. The lowest BCUT2D eigenvalue weighted by atomic mass is 10.1. The first kappa shape index (κ1) is 16.7. The third-order valence-corrected chi connectivity index (χ3v) is 5.45. The maximum atomic E-state index is 10.3. The Morgan fingerprint density at radius 1 is 1.06 bits per heavy atom. The highest BCUT2D eigenvalue weighted by atomic mass is 28.3. The van der Waals surface area contributed by atoms with Gasteiger partial charge in [0.05, 0.1) is 14.2 Å². The Morgan fingerprint density at radius 2 is 1.71 bits per heavy atom. The van der Waals surface area contributed by atoms with E-state index in [4.69, 9.17) is 0 Å². The first-order chi connectivity index (χ1) is 7.93. The van der Waals surface area contributed by atoms with Crippen LogP contribution in [0.3, 0.4) is 0 Å². The molecule has 100 valence electrons. The molecule has 0 heterocycles. The molecule has 0 bridgehead atoms. The largest absolute Gasteiger partial charge is 0.392 e. The summed E-state index contributed by atoms with van der Waals surface area (Å²) in [7, 11) is -1.38. The summed E-state index contributed by atoms with van der Waals surface area (Å²) >= 11 is 0. The SMILES string of the molecule is CCCC#CC(C(O)CCCCC)[Si](C)(C)C. The standard InChI is InChI=1S/C15H30OSi/c1-6-8-10-12-14(16)15(17(3,4)5)13-11-9-7-2/h14-16H,6-10,12H2,1-5H3. The summed E-state index contributed by atoms with van der Waals surface area (Å²) in [5, 5.41) is 10.3. The maximum Gasteiger partial charge on any atom is 0.0652 e. The van der Waals surface area contributed by atoms with E-state index in [-0.39, 0.29) is 11.6 Å². The first-order valence-corrected chi connectivity index (χ1v) is 10.7. The van der Waals surface area contributed by atoms with Gasteiger partial charge in [-0.3, -0.25) is 0 Å². The van der Waals surface area contributed by atoms with Crippen molar-refractivity contribution in [3.05, 3.63) is 0 Å². The highest BCUT2D eigenvalue weighted by molar-refractivity contribution is 6.78. The van der Waals surface area contributed by atoms with Crippen molar-refractivity contribution in [1.29, 1.82) is 0 Å². The fourth-order valence-corrected chi connectivity index (χ4v) is 3.82. The smallest absolute Gasteiger partial charge is 0.0652 e. The number of aliphatic hydroxyl groups is 1. The molecule has 1 N–H and O–H groups in total. The molecule has 0 radical (unpaired) electrons. The van der Waals surface area contributed by atoms with Crippen molar-refractivity contribution < 1.29 is 5.11 Å². The van der Waals surface area contributed by atoms with Gasteiger partial charge in [0.25, 0.3) is 0 Å². The maximum absolute atomic E-state index is 10.3. The van der Waals surface area contributed by atoms with Crippen LogP contribution in [0.4, 0.5) is 0 Å². The minimum atomic E-state index is -1.38. The molecule has 0 saturated heterocycles. The molecular weight excluding hydrogens is 224 g/mol. The molecule has 0 aliphatic heterocycles. The number of aliphatic hydroxyl groups excluding tert-OH is 1. The van der Waals surface area contributed by atoms with Gasteiger partial charge in [-0.1, -0.05) is 52.8 Å². The number of hydrogen-bond acceptors (Lipinski definition) is 1. The lowest BCUT2D eigenvalue weighted by molar-refractivity contribution is 0.164. The summed E-state index contributed by atoms with van der Waals surface area (Å²) in [6.45, 7) is 11.3. The third-order valence-electron chi connectivity index (χ3n) is 3.05. The zero-order valence-corrected chi connectivity index (χ0v) is 13.3. The van der Waals surface area contributed by atoms with E-state index in [1.807, 2.05) is 0 Å². The lowest BCUT2D eigenvalue weighted by Gasteiger charge is -2.29. The summed E-state index contributed by atoms with van der Waals surface area (Å²) in [5.41, 5.74) is 0.242. The Morgan fingerprint density at radius 3 is 2.18 bits per heavy atom. The molecule has 0 fully saturated rings. The van der Waals surface area contributed by atoms with E-state index in [0.717, 1.165) is 25.7 Å². The molecule has 0 spiro atoms. The van der Waals surface area contributed by atoms with Crippen molar-refractivity contribution in [3.8, 4) is 11.8 Å². The summed E-state index contributed by atoms with van der Waals surface area (Å²) in [6, 6.07) is 0. The van der Waals surface area contributed by atoms with Crippen molar-refractivity contribution >= 4 is 8.07 Å². The van der Waals surface area contributed by atoms with Gasteiger partial charge in [-0.05, 0) is 12.8 Å². The Kier molecular flexibility index (Phi) is 8.64. The van der Waals surface area contributed by atoms with Crippen LogP contribution >= 0.6 is 0 Å². The normalized spacial score (nSPS) is 14.9. The predicted octanol–water partition coefficient (Wildman–Crippen LogP) is 4.44.